The van der Waals surface area contributed by atoms with Gasteiger partial charge < -0.3 is 10.6 Å². The van der Waals surface area contributed by atoms with Gasteiger partial charge in [-0.1, -0.05) is 61.7 Å². The maximum atomic E-state index is 12.8. The summed E-state index contributed by atoms with van der Waals surface area (Å²) in [6, 6.07) is 9.80. The lowest BCUT2D eigenvalue weighted by Gasteiger charge is -2.39. The largest absolute Gasteiger partial charge is 0.383 e. The van der Waals surface area contributed by atoms with Gasteiger partial charge in [0.1, 0.15) is 11.4 Å². The number of nitrogens with two attached hydrogens (primary N) is 1. The highest BCUT2D eigenvalue weighted by Gasteiger charge is 2.38. The van der Waals surface area contributed by atoms with Crippen LogP contribution in [0.1, 0.15) is 44.7 Å². The summed E-state index contributed by atoms with van der Waals surface area (Å²) in [5.41, 5.74) is 8.10. The number of nitriles is 1. The molecule has 1 aliphatic rings. The van der Waals surface area contributed by atoms with Gasteiger partial charge in [0.05, 0.1) is 17.5 Å². The van der Waals surface area contributed by atoms with E-state index in [1.807, 2.05) is 31.2 Å². The maximum absolute atomic E-state index is 12.8. The minimum absolute atomic E-state index is 0.0922. The molecule has 1 aliphatic carbocycles. The summed E-state index contributed by atoms with van der Waals surface area (Å²) in [7, 11) is 1.73. The highest BCUT2D eigenvalue weighted by Crippen LogP contribution is 2.34. The number of carbonyl (C=O) groups excluding carboxylic acids is 1. The first-order valence-corrected chi connectivity index (χ1v) is 11.5. The average molecular weight is 444 g/mol. The average Bonchev–Trinajstić information content (AvgIpc) is 2.77. The van der Waals surface area contributed by atoms with E-state index >= 15 is 0 Å². The summed E-state index contributed by atoms with van der Waals surface area (Å²) < 4.78 is 0. The van der Waals surface area contributed by atoms with Crippen molar-refractivity contribution in [2.75, 3.05) is 18.5 Å². The van der Waals surface area contributed by atoms with Crippen LogP contribution < -0.4 is 5.73 Å². The van der Waals surface area contributed by atoms with Gasteiger partial charge in [-0.3, -0.25) is 4.79 Å². The van der Waals surface area contributed by atoms with Crippen LogP contribution in [0.3, 0.4) is 0 Å². The molecule has 1 saturated carbocycles. The van der Waals surface area contributed by atoms with Crippen molar-refractivity contribution in [3.8, 4) is 17.2 Å². The number of anilines is 1. The van der Waals surface area contributed by atoms with Crippen molar-refractivity contribution in [3.05, 3.63) is 35.0 Å². The molecule has 1 fully saturated rings. The van der Waals surface area contributed by atoms with Gasteiger partial charge in [-0.15, -0.1) is 0 Å². The number of hydrogen-bond donors (Lipinski definition) is 1. The van der Waals surface area contributed by atoms with Crippen LogP contribution in [0.4, 0.5) is 5.82 Å². The number of thioether (sulfide) groups is 1. The number of aryl methyl sites for hydroxylation is 1. The molecule has 0 spiro atoms. The summed E-state index contributed by atoms with van der Waals surface area (Å²) in [4.78, 5) is 23.5. The molecular formula is C22H26ClN5OS. The van der Waals surface area contributed by atoms with E-state index in [0.717, 1.165) is 48.9 Å². The van der Waals surface area contributed by atoms with Crippen molar-refractivity contribution >= 4 is 35.1 Å². The van der Waals surface area contributed by atoms with Crippen LogP contribution in [0.2, 0.25) is 5.02 Å². The van der Waals surface area contributed by atoms with Crippen LogP contribution in [0, 0.1) is 11.3 Å². The van der Waals surface area contributed by atoms with Crippen molar-refractivity contribution < 1.29 is 4.79 Å². The maximum Gasteiger partial charge on any atom is 0.234 e. The first kappa shape index (κ1) is 22.4. The van der Waals surface area contributed by atoms with Gasteiger partial charge in [-0.05, 0) is 37.0 Å². The lowest BCUT2D eigenvalue weighted by Crippen LogP contribution is -2.50. The Morgan fingerprint density at radius 2 is 1.93 bits per heavy atom. The first-order chi connectivity index (χ1) is 14.4. The fourth-order valence-electron chi connectivity index (χ4n) is 3.88. The Morgan fingerprint density at radius 3 is 2.53 bits per heavy atom. The molecule has 0 bridgehead atoms. The van der Waals surface area contributed by atoms with Crippen LogP contribution in [0.25, 0.3) is 11.1 Å². The van der Waals surface area contributed by atoms with E-state index in [-0.39, 0.29) is 11.7 Å². The zero-order valence-electron chi connectivity index (χ0n) is 17.3. The van der Waals surface area contributed by atoms with E-state index in [4.69, 9.17) is 17.3 Å². The van der Waals surface area contributed by atoms with E-state index in [1.165, 1.54) is 11.8 Å². The third kappa shape index (κ3) is 4.71. The van der Waals surface area contributed by atoms with Crippen molar-refractivity contribution in [3.63, 3.8) is 0 Å². The lowest BCUT2D eigenvalue weighted by atomic mass is 9.81. The third-order valence-corrected chi connectivity index (χ3v) is 6.77. The molecule has 0 radical (unpaired) electrons. The lowest BCUT2D eigenvalue weighted by molar-refractivity contribution is -0.131. The molecule has 1 aromatic carbocycles. The predicted octanol–water partition coefficient (Wildman–Crippen LogP) is 4.72. The summed E-state index contributed by atoms with van der Waals surface area (Å²) in [5.74, 6) is 0.460. The van der Waals surface area contributed by atoms with Crippen LogP contribution in [-0.4, -0.2) is 39.1 Å². The Morgan fingerprint density at radius 1 is 1.27 bits per heavy atom. The molecule has 8 heteroatoms. The van der Waals surface area contributed by atoms with Gasteiger partial charge in [0.25, 0.3) is 0 Å². The van der Waals surface area contributed by atoms with Crippen molar-refractivity contribution in [1.29, 1.82) is 5.26 Å². The van der Waals surface area contributed by atoms with Gasteiger partial charge in [0.15, 0.2) is 5.16 Å². The molecule has 1 amide bonds. The zero-order chi connectivity index (χ0) is 21.7. The van der Waals surface area contributed by atoms with Crippen molar-refractivity contribution in [1.82, 2.24) is 14.9 Å². The molecule has 2 aromatic rings. The molecular weight excluding hydrogens is 418 g/mol. The van der Waals surface area contributed by atoms with Crippen LogP contribution in [0.5, 0.6) is 0 Å². The zero-order valence-corrected chi connectivity index (χ0v) is 18.9. The quantitative estimate of drug-likeness (QED) is 0.512. The SMILES string of the molecule is CCc1nc(SCC(=O)N(C)C2(C#N)CCCCC2)nc(N)c1-c1ccc(Cl)cc1. The fourth-order valence-corrected chi connectivity index (χ4v) is 4.79. The first-order valence-electron chi connectivity index (χ1n) is 10.1. The number of hydrogen-bond acceptors (Lipinski definition) is 6. The molecule has 3 rings (SSSR count). The number of carbonyl (C=O) groups is 1. The number of benzene rings is 1. The summed E-state index contributed by atoms with van der Waals surface area (Å²) in [6.45, 7) is 2.01. The molecule has 30 heavy (non-hydrogen) atoms. The van der Waals surface area contributed by atoms with Crippen LogP contribution in [-0.2, 0) is 11.2 Å². The molecule has 6 nitrogen and oxygen atoms in total. The van der Waals surface area contributed by atoms with Crippen molar-refractivity contribution in [2.45, 2.75) is 56.1 Å². The Bertz CT molecular complexity index is 951. The van der Waals surface area contributed by atoms with E-state index in [1.54, 1.807) is 11.9 Å². The monoisotopic (exact) mass is 443 g/mol. The standard InChI is InChI=1S/C22H26ClN5OS/c1-3-17-19(15-7-9-16(23)10-8-15)20(25)27-21(26-17)30-13-18(29)28(2)22(14-24)11-5-4-6-12-22/h7-10H,3-6,11-13H2,1-2H3,(H2,25,26,27). The van der Waals surface area contributed by atoms with Gasteiger partial charge >= 0.3 is 0 Å². The number of rotatable bonds is 6. The normalized spacial score (nSPS) is 15.4. The Kier molecular flexibility index (Phi) is 7.22. The number of aromatic nitrogens is 2. The second-order valence-corrected chi connectivity index (χ2v) is 8.90. The van der Waals surface area contributed by atoms with Crippen LogP contribution >= 0.6 is 23.4 Å². The molecule has 2 N–H and O–H groups in total. The predicted molar refractivity (Wildman–Crippen MR) is 121 cm³/mol. The molecule has 0 saturated heterocycles. The highest BCUT2D eigenvalue weighted by molar-refractivity contribution is 7.99. The van der Waals surface area contributed by atoms with Crippen LogP contribution in [0.15, 0.2) is 29.4 Å². The number of nitrogen functional groups attached to an aromatic ring is 1. The Labute approximate surface area is 186 Å². The minimum atomic E-state index is -0.692. The second-order valence-electron chi connectivity index (χ2n) is 7.52. The smallest absolute Gasteiger partial charge is 0.234 e. The third-order valence-electron chi connectivity index (χ3n) is 5.69. The molecule has 0 unspecified atom stereocenters. The number of nitrogens with zero attached hydrogens (tertiary/aromatic N) is 4. The van der Waals surface area contributed by atoms with Gasteiger partial charge in [0, 0.05) is 17.6 Å². The van der Waals surface area contributed by atoms with E-state index in [0.29, 0.717) is 22.4 Å². The Balaban J connectivity index is 1.75. The summed E-state index contributed by atoms with van der Waals surface area (Å²) in [5, 5.41) is 10.8. The summed E-state index contributed by atoms with van der Waals surface area (Å²) >= 11 is 7.24. The van der Waals surface area contributed by atoms with Gasteiger partial charge in [-0.25, -0.2) is 9.97 Å². The molecule has 158 valence electrons. The molecule has 0 aliphatic heterocycles. The fraction of sp³-hybridized carbons (Fsp3) is 0.455. The molecule has 1 aromatic heterocycles. The van der Waals surface area contributed by atoms with E-state index < -0.39 is 5.54 Å². The highest BCUT2D eigenvalue weighted by atomic mass is 35.5. The topological polar surface area (TPSA) is 95.9 Å². The van der Waals surface area contributed by atoms with Gasteiger partial charge in [-0.2, -0.15) is 5.26 Å². The number of amides is 1. The number of halogens is 1. The molecule has 1 heterocycles. The van der Waals surface area contributed by atoms with E-state index in [2.05, 4.69) is 16.0 Å². The Hall–Kier alpha value is -2.30. The minimum Gasteiger partial charge on any atom is -0.383 e. The molecule has 0 atom stereocenters. The second kappa shape index (κ2) is 9.67. The van der Waals surface area contributed by atoms with E-state index in [9.17, 15) is 10.1 Å². The van der Waals surface area contributed by atoms with Crippen molar-refractivity contribution in [2.24, 2.45) is 0 Å². The van der Waals surface area contributed by atoms with Gasteiger partial charge in [0.2, 0.25) is 5.91 Å². The summed E-state index contributed by atoms with van der Waals surface area (Å²) in [6.07, 6.45) is 5.22.